The van der Waals surface area contributed by atoms with Crippen LogP contribution in [-0.4, -0.2) is 33.9 Å². The molecule has 168 valence electrons. The van der Waals surface area contributed by atoms with Crippen LogP contribution in [0.25, 0.3) is 22.0 Å². The minimum Gasteiger partial charge on any atom is -0.503 e. The van der Waals surface area contributed by atoms with Crippen molar-refractivity contribution < 1.29 is 28.3 Å². The number of imidazole rings is 1. The van der Waals surface area contributed by atoms with Gasteiger partial charge in [-0.2, -0.15) is 0 Å². The number of carbonyl (C=O) groups excluding carboxylic acids is 2. The molecule has 9 nitrogen and oxygen atoms in total. The van der Waals surface area contributed by atoms with E-state index >= 15 is 0 Å². The maximum atomic E-state index is 13.6. The van der Waals surface area contributed by atoms with Crippen molar-refractivity contribution in [2.45, 2.75) is 6.04 Å². The first-order valence-electron chi connectivity index (χ1n) is 10.4. The van der Waals surface area contributed by atoms with Crippen LogP contribution in [0.2, 0.25) is 0 Å². The number of carbonyl (C=O) groups is 2. The lowest BCUT2D eigenvalue weighted by molar-refractivity contribution is -0.117. The molecule has 0 spiro atoms. The number of rotatable bonds is 5. The number of nitrogens with one attached hydrogen (secondary N) is 1. The molecule has 0 bridgehead atoms. The molecule has 6 rings (SSSR count). The summed E-state index contributed by atoms with van der Waals surface area (Å²) in [5.74, 6) is -1.25. The summed E-state index contributed by atoms with van der Waals surface area (Å²) in [6.07, 6.45) is 1.43. The van der Waals surface area contributed by atoms with E-state index in [9.17, 15) is 14.7 Å². The fourth-order valence-electron chi connectivity index (χ4n) is 4.27. The van der Waals surface area contributed by atoms with E-state index in [0.717, 1.165) is 0 Å². The van der Waals surface area contributed by atoms with Crippen molar-refractivity contribution in [2.24, 2.45) is 0 Å². The van der Waals surface area contributed by atoms with E-state index in [1.807, 2.05) is 18.2 Å². The van der Waals surface area contributed by atoms with Gasteiger partial charge < -0.3 is 23.7 Å². The largest absolute Gasteiger partial charge is 0.503 e. The lowest BCUT2D eigenvalue weighted by atomic mass is 9.99. The van der Waals surface area contributed by atoms with Gasteiger partial charge in [0.25, 0.3) is 5.91 Å². The first-order chi connectivity index (χ1) is 16.6. The third-order valence-corrected chi connectivity index (χ3v) is 5.82. The number of anilines is 1. The van der Waals surface area contributed by atoms with Gasteiger partial charge >= 0.3 is 0 Å². The third-order valence-electron chi connectivity index (χ3n) is 5.82. The Kier molecular flexibility index (Phi) is 4.31. The maximum absolute atomic E-state index is 13.6. The zero-order valence-corrected chi connectivity index (χ0v) is 17.8. The number of ketones is 1. The maximum Gasteiger partial charge on any atom is 0.296 e. The Balaban J connectivity index is 1.49. The molecular formula is C25H17N3O6. The van der Waals surface area contributed by atoms with Crippen molar-refractivity contribution in [1.82, 2.24) is 9.97 Å². The molecule has 1 aliphatic rings. The van der Waals surface area contributed by atoms with Gasteiger partial charge in [-0.25, -0.2) is 4.98 Å². The van der Waals surface area contributed by atoms with E-state index in [-0.39, 0.29) is 23.0 Å². The monoisotopic (exact) mass is 455 g/mol. The number of aliphatic hydroxyl groups excluding tert-OH is 1. The highest BCUT2D eigenvalue weighted by atomic mass is 16.5. The zero-order valence-electron chi connectivity index (χ0n) is 17.8. The van der Waals surface area contributed by atoms with Gasteiger partial charge in [0.2, 0.25) is 11.7 Å². The Morgan fingerprint density at radius 1 is 1.15 bits per heavy atom. The molecule has 2 aromatic carbocycles. The van der Waals surface area contributed by atoms with Crippen LogP contribution in [0, 0.1) is 0 Å². The van der Waals surface area contributed by atoms with Crippen LogP contribution >= 0.6 is 0 Å². The second-order valence-electron chi connectivity index (χ2n) is 7.75. The van der Waals surface area contributed by atoms with E-state index < -0.39 is 23.5 Å². The quantitative estimate of drug-likeness (QED) is 0.369. The predicted molar refractivity (Wildman–Crippen MR) is 122 cm³/mol. The van der Waals surface area contributed by atoms with Crippen molar-refractivity contribution in [3.63, 3.8) is 0 Å². The van der Waals surface area contributed by atoms with E-state index in [2.05, 4.69) is 9.97 Å². The molecule has 1 unspecified atom stereocenters. The number of aliphatic hydroxyl groups is 1. The number of benzene rings is 2. The van der Waals surface area contributed by atoms with Crippen LogP contribution in [0.3, 0.4) is 0 Å². The highest BCUT2D eigenvalue weighted by Crippen LogP contribution is 2.42. The molecule has 5 aromatic rings. The van der Waals surface area contributed by atoms with Crippen molar-refractivity contribution >= 4 is 39.6 Å². The van der Waals surface area contributed by atoms with Crippen molar-refractivity contribution in [3.8, 4) is 5.75 Å². The Morgan fingerprint density at radius 3 is 2.76 bits per heavy atom. The zero-order chi connectivity index (χ0) is 23.4. The van der Waals surface area contributed by atoms with Gasteiger partial charge in [-0.1, -0.05) is 24.3 Å². The van der Waals surface area contributed by atoms with Crippen LogP contribution < -0.4 is 9.64 Å². The van der Waals surface area contributed by atoms with Crippen molar-refractivity contribution in [2.75, 3.05) is 12.0 Å². The van der Waals surface area contributed by atoms with Gasteiger partial charge in [0.05, 0.1) is 30.0 Å². The summed E-state index contributed by atoms with van der Waals surface area (Å²) >= 11 is 0. The van der Waals surface area contributed by atoms with Crippen molar-refractivity contribution in [3.05, 3.63) is 89.8 Å². The number of aromatic nitrogens is 2. The SMILES string of the molecule is COc1cccc2cc(C(=O)C3=C(O)C(=O)N(c4nc5ccccc5[nH]4)C3c3ccco3)oc12. The number of hydrogen-bond acceptors (Lipinski definition) is 7. The summed E-state index contributed by atoms with van der Waals surface area (Å²) in [5.41, 5.74) is 1.55. The Labute approximate surface area is 191 Å². The lowest BCUT2D eigenvalue weighted by Crippen LogP contribution is -2.31. The number of H-pyrrole nitrogens is 1. The molecule has 3 aromatic heterocycles. The predicted octanol–water partition coefficient (Wildman–Crippen LogP) is 4.69. The molecule has 1 amide bonds. The third kappa shape index (κ3) is 2.83. The molecule has 1 atom stereocenters. The molecule has 2 N–H and O–H groups in total. The molecule has 0 saturated carbocycles. The highest BCUT2D eigenvalue weighted by Gasteiger charge is 2.48. The molecule has 0 aliphatic carbocycles. The van der Waals surface area contributed by atoms with Gasteiger partial charge in [-0.05, 0) is 36.4 Å². The number of aromatic amines is 1. The van der Waals surface area contributed by atoms with Gasteiger partial charge in [0.15, 0.2) is 22.9 Å². The fourth-order valence-corrected chi connectivity index (χ4v) is 4.27. The second kappa shape index (κ2) is 7.38. The topological polar surface area (TPSA) is 122 Å². The summed E-state index contributed by atoms with van der Waals surface area (Å²) < 4.78 is 16.7. The minimum absolute atomic E-state index is 0.0446. The Hall–Kier alpha value is -4.79. The number of para-hydroxylation sites is 3. The number of furan rings is 2. The first-order valence-corrected chi connectivity index (χ1v) is 10.4. The van der Waals surface area contributed by atoms with E-state index in [0.29, 0.717) is 27.8 Å². The van der Waals surface area contributed by atoms with Gasteiger partial charge in [0.1, 0.15) is 11.8 Å². The van der Waals surface area contributed by atoms with Crippen LogP contribution in [0.15, 0.2) is 87.1 Å². The summed E-state index contributed by atoms with van der Waals surface area (Å²) in [4.78, 5) is 35.6. The number of amides is 1. The Bertz CT molecular complexity index is 1580. The summed E-state index contributed by atoms with van der Waals surface area (Å²) in [7, 11) is 1.50. The number of hydrogen-bond donors (Lipinski definition) is 2. The van der Waals surface area contributed by atoms with Crippen LogP contribution in [0.4, 0.5) is 5.95 Å². The number of fused-ring (bicyclic) bond motifs is 2. The number of ether oxygens (including phenoxy) is 1. The normalized spacial score (nSPS) is 16.2. The van der Waals surface area contributed by atoms with Crippen LogP contribution in [-0.2, 0) is 4.79 Å². The van der Waals surface area contributed by atoms with E-state index in [1.54, 1.807) is 42.5 Å². The number of methoxy groups -OCH3 is 1. The van der Waals surface area contributed by atoms with Gasteiger partial charge in [0, 0.05) is 5.39 Å². The van der Waals surface area contributed by atoms with Crippen molar-refractivity contribution in [1.29, 1.82) is 0 Å². The highest BCUT2D eigenvalue weighted by molar-refractivity contribution is 6.20. The second-order valence-corrected chi connectivity index (χ2v) is 7.75. The summed E-state index contributed by atoms with van der Waals surface area (Å²) in [5, 5.41) is 11.5. The molecule has 0 radical (unpaired) electrons. The molecule has 1 aliphatic heterocycles. The molecule has 9 heteroatoms. The average Bonchev–Trinajstić information content (AvgIpc) is 3.63. The summed E-state index contributed by atoms with van der Waals surface area (Å²) in [6, 6.07) is 16.3. The molecule has 34 heavy (non-hydrogen) atoms. The Morgan fingerprint density at radius 2 is 2.00 bits per heavy atom. The number of Topliss-reactive ketones (excluding diaryl/α,β-unsaturated/α-hetero) is 1. The number of nitrogens with zero attached hydrogens (tertiary/aromatic N) is 2. The van der Waals surface area contributed by atoms with Gasteiger partial charge in [-0.3, -0.25) is 14.5 Å². The van der Waals surface area contributed by atoms with E-state index in [1.165, 1.54) is 18.3 Å². The van der Waals surface area contributed by atoms with Crippen LogP contribution in [0.5, 0.6) is 5.75 Å². The molecule has 4 heterocycles. The fraction of sp³-hybridized carbons (Fsp3) is 0.0800. The van der Waals surface area contributed by atoms with Gasteiger partial charge in [-0.15, -0.1) is 0 Å². The molecular weight excluding hydrogens is 438 g/mol. The lowest BCUT2D eigenvalue weighted by Gasteiger charge is -2.21. The first kappa shape index (κ1) is 19.9. The smallest absolute Gasteiger partial charge is 0.296 e. The summed E-state index contributed by atoms with van der Waals surface area (Å²) in [6.45, 7) is 0. The minimum atomic E-state index is -1.05. The standard InChI is InChI=1S/C25H17N3O6/c1-32-17-9-4-6-13-12-18(34-23(13)17)21(29)19-20(16-10-5-11-33-16)28(24(31)22(19)30)25-26-14-7-2-3-8-15(14)27-25/h2-12,20,30H,1H3,(H,26,27). The van der Waals surface area contributed by atoms with Crippen LogP contribution in [0.1, 0.15) is 22.4 Å². The molecule has 0 saturated heterocycles. The average molecular weight is 455 g/mol. The molecule has 0 fully saturated rings. The van der Waals surface area contributed by atoms with E-state index in [4.69, 9.17) is 13.6 Å².